The number of carboxylic acids is 1. The van der Waals surface area contributed by atoms with Gasteiger partial charge in [-0.2, -0.15) is 0 Å². The number of carbonyl (C=O) groups is 9. The molecule has 0 aromatic carbocycles. The maximum atomic E-state index is 14.1. The van der Waals surface area contributed by atoms with E-state index in [0.29, 0.717) is 19.3 Å². The van der Waals surface area contributed by atoms with Gasteiger partial charge in [-0.3, -0.25) is 43.3 Å². The summed E-state index contributed by atoms with van der Waals surface area (Å²) in [5.41, 5.74) is 21.7. The van der Waals surface area contributed by atoms with Crippen LogP contribution in [0.4, 0.5) is 0 Å². The second kappa shape index (κ2) is 25.4. The molecule has 0 aromatic heterocycles. The van der Waals surface area contributed by atoms with Crippen LogP contribution in [0.3, 0.4) is 0 Å². The van der Waals surface area contributed by atoms with Gasteiger partial charge in [-0.1, -0.05) is 27.7 Å². The van der Waals surface area contributed by atoms with Crippen molar-refractivity contribution in [3.63, 3.8) is 0 Å². The Labute approximate surface area is 361 Å². The first kappa shape index (κ1) is 52.6. The van der Waals surface area contributed by atoms with Crippen LogP contribution in [0.1, 0.15) is 98.8 Å². The van der Waals surface area contributed by atoms with Gasteiger partial charge >= 0.3 is 5.97 Å². The second-order valence-corrected chi connectivity index (χ2v) is 16.7. The fraction of sp³-hybridized carbons (Fsp3) is 0.744. The highest BCUT2D eigenvalue weighted by atomic mass is 16.4. The van der Waals surface area contributed by atoms with Crippen LogP contribution in [0.25, 0.3) is 0 Å². The van der Waals surface area contributed by atoms with Gasteiger partial charge in [-0.05, 0) is 76.5 Å². The van der Waals surface area contributed by atoms with Crippen molar-refractivity contribution in [1.29, 1.82) is 0 Å². The topological polar surface area (TPSA) is 377 Å². The number of guanidine groups is 1. The van der Waals surface area contributed by atoms with Crippen LogP contribution < -0.4 is 49.5 Å². The smallest absolute Gasteiger partial charge is 0.326 e. The van der Waals surface area contributed by atoms with E-state index in [2.05, 4.69) is 31.6 Å². The highest BCUT2D eigenvalue weighted by Gasteiger charge is 2.44. The Morgan fingerprint density at radius 1 is 0.677 bits per heavy atom. The molecule has 0 saturated carbocycles. The van der Waals surface area contributed by atoms with Gasteiger partial charge in [0.25, 0.3) is 0 Å². The number of likely N-dealkylation sites (tertiary alicyclic amines) is 2. The zero-order valence-corrected chi connectivity index (χ0v) is 36.4. The first-order chi connectivity index (χ1) is 29.1. The van der Waals surface area contributed by atoms with E-state index in [0.717, 1.165) is 0 Å². The quantitative estimate of drug-likeness (QED) is 0.0238. The zero-order chi connectivity index (χ0) is 46.8. The van der Waals surface area contributed by atoms with Crippen LogP contribution in [-0.2, 0) is 43.2 Å². The van der Waals surface area contributed by atoms with E-state index in [1.54, 1.807) is 13.8 Å². The average molecular weight is 881 g/mol. The molecule has 62 heavy (non-hydrogen) atoms. The highest BCUT2D eigenvalue weighted by Crippen LogP contribution is 2.26. The molecule has 23 heteroatoms. The van der Waals surface area contributed by atoms with Gasteiger partial charge in [-0.25, -0.2) is 4.79 Å². The number of carboxylic acid groups (broad SMARTS) is 1. The van der Waals surface area contributed by atoms with Crippen molar-refractivity contribution >= 4 is 59.2 Å². The van der Waals surface area contributed by atoms with Gasteiger partial charge in [-0.15, -0.1) is 0 Å². The normalized spacial score (nSPS) is 19.0. The SMILES string of the molecule is CC(C)C[C@H](NC(=O)[C@H](C)NC(=O)[C@H](CCCN=C(N)N)NC(=O)[C@@H]1CCCN1C(=O)[C@@H]1CCCN1C(=O)[C@H](CC(C)C)NC(=O)[C@@H](N)CO)C(=O)N[C@@H](CCC(N)=O)C(=O)O. The first-order valence-electron chi connectivity index (χ1n) is 21.1. The fourth-order valence-electron chi connectivity index (χ4n) is 7.27. The number of aliphatic carboxylic acids is 1. The number of carbonyl (C=O) groups excluding carboxylic acids is 8. The summed E-state index contributed by atoms with van der Waals surface area (Å²) in [6, 6.07) is -9.33. The number of aliphatic imine (C=N–C) groups is 1. The molecule has 0 aliphatic carbocycles. The third kappa shape index (κ3) is 16.7. The molecule has 15 N–H and O–H groups in total. The van der Waals surface area contributed by atoms with Crippen molar-refractivity contribution < 1.29 is 53.4 Å². The van der Waals surface area contributed by atoms with Crippen LogP contribution in [0, 0.1) is 11.8 Å². The standard InChI is InChI=1S/C39H68N12O11/c1-20(2)17-26(34(57)47-25(38(61)62)12-13-30(41)53)48-31(54)22(5)45-33(56)24(9-6-14-44-39(42)43)46-35(58)28-10-7-15-50(28)37(60)29-11-8-16-51(29)36(59)27(18-21(3)4)49-32(55)23(40)19-52/h20-29,52H,6-19,40H2,1-5H3,(H2,41,53)(H,45,56)(H,46,58)(H,47,57)(H,48,54)(H,49,55)(H,61,62)(H4,42,43,44)/t22-,23-,24-,25-,26-,27-,28-,29-/m0/s1. The maximum absolute atomic E-state index is 14.1. The Kier molecular flexibility index (Phi) is 21.5. The molecule has 0 unspecified atom stereocenters. The number of nitrogens with one attached hydrogen (secondary N) is 5. The summed E-state index contributed by atoms with van der Waals surface area (Å²) in [5.74, 6) is -7.18. The van der Waals surface area contributed by atoms with Crippen LogP contribution in [-0.4, -0.2) is 154 Å². The molecule has 8 atom stereocenters. The molecule has 350 valence electrons. The van der Waals surface area contributed by atoms with E-state index in [1.165, 1.54) is 16.7 Å². The van der Waals surface area contributed by atoms with Gasteiger partial charge in [0, 0.05) is 26.1 Å². The van der Waals surface area contributed by atoms with Crippen molar-refractivity contribution in [3.8, 4) is 0 Å². The lowest BCUT2D eigenvalue weighted by molar-refractivity contribution is -0.148. The van der Waals surface area contributed by atoms with Crippen molar-refractivity contribution in [1.82, 2.24) is 36.4 Å². The molecular formula is C39H68N12O11. The van der Waals surface area contributed by atoms with Crippen LogP contribution in [0.2, 0.25) is 0 Å². The number of primary amides is 1. The first-order valence-corrected chi connectivity index (χ1v) is 21.1. The molecule has 0 bridgehead atoms. The molecule has 2 aliphatic rings. The van der Waals surface area contributed by atoms with Gasteiger partial charge in [0.15, 0.2) is 5.96 Å². The van der Waals surface area contributed by atoms with Crippen LogP contribution in [0.5, 0.6) is 0 Å². The number of aliphatic hydroxyl groups excluding tert-OH is 1. The number of amides is 8. The molecule has 23 nitrogen and oxygen atoms in total. The summed E-state index contributed by atoms with van der Waals surface area (Å²) < 4.78 is 0. The Balaban J connectivity index is 2.24. The Morgan fingerprint density at radius 2 is 1.23 bits per heavy atom. The molecule has 2 rings (SSSR count). The van der Waals surface area contributed by atoms with Crippen molar-refractivity contribution in [2.24, 2.45) is 39.8 Å². The van der Waals surface area contributed by atoms with Crippen LogP contribution >= 0.6 is 0 Å². The van der Waals surface area contributed by atoms with E-state index in [9.17, 15) is 53.4 Å². The van der Waals surface area contributed by atoms with Crippen molar-refractivity contribution in [2.45, 2.75) is 147 Å². The Hall–Kier alpha value is -5.58. The lowest BCUT2D eigenvalue weighted by atomic mass is 10.0. The zero-order valence-electron chi connectivity index (χ0n) is 36.4. The van der Waals surface area contributed by atoms with Gasteiger partial charge in [0.05, 0.1) is 6.61 Å². The summed E-state index contributed by atoms with van der Waals surface area (Å²) in [7, 11) is 0. The van der Waals surface area contributed by atoms with E-state index < -0.39 is 108 Å². The predicted octanol–water partition coefficient (Wildman–Crippen LogP) is -3.77. The Bertz CT molecular complexity index is 1640. The van der Waals surface area contributed by atoms with E-state index in [-0.39, 0.29) is 82.4 Å². The average Bonchev–Trinajstić information content (AvgIpc) is 3.89. The summed E-state index contributed by atoms with van der Waals surface area (Å²) >= 11 is 0. The van der Waals surface area contributed by atoms with E-state index >= 15 is 0 Å². The lowest BCUT2D eigenvalue weighted by Gasteiger charge is -2.34. The summed E-state index contributed by atoms with van der Waals surface area (Å²) in [4.78, 5) is 124. The van der Waals surface area contributed by atoms with E-state index in [1.807, 2.05) is 13.8 Å². The van der Waals surface area contributed by atoms with E-state index in [4.69, 9.17) is 22.9 Å². The molecule has 0 radical (unpaired) electrons. The van der Waals surface area contributed by atoms with Gasteiger partial charge in [0.2, 0.25) is 47.3 Å². The monoisotopic (exact) mass is 881 g/mol. The Morgan fingerprint density at radius 3 is 1.79 bits per heavy atom. The molecule has 2 saturated heterocycles. The minimum absolute atomic E-state index is 0.0113. The molecule has 2 fully saturated rings. The van der Waals surface area contributed by atoms with Crippen molar-refractivity contribution in [2.75, 3.05) is 26.2 Å². The minimum atomic E-state index is -1.45. The summed E-state index contributed by atoms with van der Waals surface area (Å²) in [6.45, 7) is 8.57. The highest BCUT2D eigenvalue weighted by molar-refractivity contribution is 5.98. The van der Waals surface area contributed by atoms with Gasteiger partial charge < -0.3 is 69.5 Å². The third-order valence-electron chi connectivity index (χ3n) is 10.5. The minimum Gasteiger partial charge on any atom is -0.480 e. The lowest BCUT2D eigenvalue weighted by Crippen LogP contribution is -2.59. The van der Waals surface area contributed by atoms with Crippen LogP contribution in [0.15, 0.2) is 4.99 Å². The predicted molar refractivity (Wildman–Crippen MR) is 225 cm³/mol. The van der Waals surface area contributed by atoms with Gasteiger partial charge in [0.1, 0.15) is 48.3 Å². The number of aliphatic hydroxyl groups is 1. The maximum Gasteiger partial charge on any atom is 0.326 e. The second-order valence-electron chi connectivity index (χ2n) is 16.7. The summed E-state index contributed by atoms with van der Waals surface area (Å²) in [5, 5.41) is 31.7. The number of hydrogen-bond donors (Lipinski definition) is 11. The third-order valence-corrected chi connectivity index (χ3v) is 10.5. The molecule has 2 heterocycles. The molecular weight excluding hydrogens is 813 g/mol. The number of nitrogens with zero attached hydrogens (tertiary/aromatic N) is 3. The number of hydrogen-bond acceptors (Lipinski definition) is 12. The number of rotatable bonds is 25. The molecule has 0 aromatic rings. The van der Waals surface area contributed by atoms with Crippen molar-refractivity contribution in [3.05, 3.63) is 0 Å². The number of nitrogens with two attached hydrogens (primary N) is 4. The largest absolute Gasteiger partial charge is 0.480 e. The molecule has 2 aliphatic heterocycles. The molecule has 0 spiro atoms. The molecule has 8 amide bonds. The summed E-state index contributed by atoms with van der Waals surface area (Å²) in [6.07, 6.45) is 1.54. The fourth-order valence-corrected chi connectivity index (χ4v) is 7.27.